The average Bonchev–Trinajstić information content (AvgIpc) is 2.45. The second kappa shape index (κ2) is 6.45. The molecule has 0 bridgehead atoms. The van der Waals surface area contributed by atoms with Crippen molar-refractivity contribution in [3.8, 4) is 5.75 Å². The maximum absolute atomic E-state index is 13.4. The zero-order chi connectivity index (χ0) is 15.4. The van der Waals surface area contributed by atoms with E-state index in [9.17, 15) is 18.4 Å². The molecule has 0 heterocycles. The van der Waals surface area contributed by atoms with Gasteiger partial charge in [0.15, 0.2) is 6.61 Å². The van der Waals surface area contributed by atoms with Crippen LogP contribution in [-0.4, -0.2) is 18.7 Å². The van der Waals surface area contributed by atoms with Gasteiger partial charge in [-0.2, -0.15) is 0 Å². The van der Waals surface area contributed by atoms with Crippen molar-refractivity contribution in [1.29, 1.82) is 0 Å². The number of carbonyl (C=O) groups is 2. The van der Waals surface area contributed by atoms with Crippen LogP contribution in [0, 0.1) is 11.6 Å². The lowest BCUT2D eigenvalue weighted by Gasteiger charge is -2.08. The zero-order valence-electron chi connectivity index (χ0n) is 10.6. The van der Waals surface area contributed by atoms with E-state index < -0.39 is 24.0 Å². The topological polar surface area (TPSA) is 43.4 Å². The number of halogens is 3. The van der Waals surface area contributed by atoms with Crippen LogP contribution in [0.2, 0.25) is 5.02 Å². The fourth-order valence-corrected chi connectivity index (χ4v) is 1.89. The molecule has 0 aromatic heterocycles. The van der Waals surface area contributed by atoms with E-state index in [2.05, 4.69) is 0 Å². The number of hydrogen-bond acceptors (Lipinski definition) is 3. The molecule has 2 aromatic carbocycles. The van der Waals surface area contributed by atoms with Crippen LogP contribution < -0.4 is 4.74 Å². The van der Waals surface area contributed by atoms with Crippen molar-refractivity contribution in [2.45, 2.75) is 0 Å². The third-order valence-electron chi connectivity index (χ3n) is 2.68. The summed E-state index contributed by atoms with van der Waals surface area (Å²) in [7, 11) is 0. The Kier molecular flexibility index (Phi) is 4.65. The Morgan fingerprint density at radius 3 is 2.57 bits per heavy atom. The van der Waals surface area contributed by atoms with Gasteiger partial charge < -0.3 is 4.74 Å². The molecule has 0 spiro atoms. The van der Waals surface area contributed by atoms with Gasteiger partial charge in [0.25, 0.3) is 0 Å². The van der Waals surface area contributed by atoms with Crippen LogP contribution in [0.25, 0.3) is 0 Å². The smallest absolute Gasteiger partial charge is 0.203 e. The van der Waals surface area contributed by atoms with Gasteiger partial charge in [0, 0.05) is 11.6 Å². The van der Waals surface area contributed by atoms with Crippen LogP contribution >= 0.6 is 11.6 Å². The monoisotopic (exact) mass is 310 g/mol. The minimum atomic E-state index is -0.953. The van der Waals surface area contributed by atoms with E-state index in [1.165, 1.54) is 18.2 Å². The predicted molar refractivity (Wildman–Crippen MR) is 73.0 cm³/mol. The fourth-order valence-electron chi connectivity index (χ4n) is 1.64. The Morgan fingerprint density at radius 1 is 1.19 bits per heavy atom. The number of benzene rings is 2. The van der Waals surface area contributed by atoms with Gasteiger partial charge in [-0.1, -0.05) is 11.6 Å². The van der Waals surface area contributed by atoms with E-state index in [1.54, 1.807) is 0 Å². The molecule has 2 aromatic rings. The van der Waals surface area contributed by atoms with Gasteiger partial charge in [-0.25, -0.2) is 8.78 Å². The molecule has 2 rings (SSSR count). The van der Waals surface area contributed by atoms with E-state index in [1.807, 2.05) is 0 Å². The first-order valence-electron chi connectivity index (χ1n) is 5.87. The minimum absolute atomic E-state index is 0.159. The third-order valence-corrected chi connectivity index (χ3v) is 2.98. The molecular weight excluding hydrogens is 302 g/mol. The molecule has 0 amide bonds. The van der Waals surface area contributed by atoms with Crippen molar-refractivity contribution in [2.75, 3.05) is 6.61 Å². The van der Waals surface area contributed by atoms with Crippen molar-refractivity contribution >= 4 is 23.7 Å². The summed E-state index contributed by atoms with van der Waals surface area (Å²) in [5.74, 6) is -2.18. The first-order valence-corrected chi connectivity index (χ1v) is 6.25. The molecule has 21 heavy (non-hydrogen) atoms. The number of carbonyl (C=O) groups excluding carboxylic acids is 2. The summed E-state index contributed by atoms with van der Waals surface area (Å²) < 4.78 is 31.4. The van der Waals surface area contributed by atoms with Gasteiger partial charge >= 0.3 is 0 Å². The largest absolute Gasteiger partial charge is 0.484 e. The van der Waals surface area contributed by atoms with Crippen LogP contribution in [0.5, 0.6) is 5.75 Å². The number of ketones is 1. The molecule has 0 aliphatic carbocycles. The van der Waals surface area contributed by atoms with Gasteiger partial charge in [0.2, 0.25) is 5.78 Å². The van der Waals surface area contributed by atoms with Crippen molar-refractivity contribution in [3.05, 3.63) is 64.2 Å². The SMILES string of the molecule is O=Cc1ccc(OCC(=O)c2ccc(F)cc2F)c(Cl)c1. The highest BCUT2D eigenvalue weighted by Gasteiger charge is 2.14. The predicted octanol–water partition coefficient (Wildman–Crippen LogP) is 3.69. The summed E-state index contributed by atoms with van der Waals surface area (Å²) in [5.41, 5.74) is 0.0975. The number of Topliss-reactive ketones (excluding diaryl/α,β-unsaturated/α-hetero) is 1. The van der Waals surface area contributed by atoms with Crippen LogP contribution in [0.4, 0.5) is 8.78 Å². The Morgan fingerprint density at radius 2 is 1.95 bits per heavy atom. The lowest BCUT2D eigenvalue weighted by atomic mass is 10.1. The Bertz CT molecular complexity index is 701. The van der Waals surface area contributed by atoms with Gasteiger partial charge in [0.1, 0.15) is 23.7 Å². The van der Waals surface area contributed by atoms with E-state index in [0.29, 0.717) is 17.9 Å². The molecule has 0 radical (unpaired) electrons. The highest BCUT2D eigenvalue weighted by atomic mass is 35.5. The molecule has 0 unspecified atom stereocenters. The van der Waals surface area contributed by atoms with Gasteiger partial charge in [-0.15, -0.1) is 0 Å². The van der Waals surface area contributed by atoms with E-state index in [-0.39, 0.29) is 16.3 Å². The summed E-state index contributed by atoms with van der Waals surface area (Å²) in [6.07, 6.45) is 0.620. The minimum Gasteiger partial charge on any atom is -0.484 e. The third kappa shape index (κ3) is 3.64. The summed E-state index contributed by atoms with van der Waals surface area (Å²) in [5, 5.41) is 0.159. The zero-order valence-corrected chi connectivity index (χ0v) is 11.4. The standard InChI is InChI=1S/C15H9ClF2O3/c16-12-5-9(7-19)1-4-15(12)21-8-14(20)11-3-2-10(17)6-13(11)18/h1-7H,8H2. The highest BCUT2D eigenvalue weighted by Crippen LogP contribution is 2.25. The van der Waals surface area contributed by atoms with Gasteiger partial charge in [0.05, 0.1) is 10.6 Å². The number of ether oxygens (including phenoxy) is 1. The molecule has 0 saturated carbocycles. The second-order valence-electron chi connectivity index (χ2n) is 4.14. The van der Waals surface area contributed by atoms with Crippen molar-refractivity contribution in [2.24, 2.45) is 0 Å². The maximum Gasteiger partial charge on any atom is 0.203 e. The Hall–Kier alpha value is -2.27. The van der Waals surface area contributed by atoms with Crippen molar-refractivity contribution in [1.82, 2.24) is 0 Å². The molecule has 0 aliphatic heterocycles. The Balaban J connectivity index is 2.09. The van der Waals surface area contributed by atoms with E-state index >= 15 is 0 Å². The molecule has 0 atom stereocenters. The molecule has 6 heteroatoms. The molecule has 108 valence electrons. The van der Waals surface area contributed by atoms with E-state index in [0.717, 1.165) is 12.1 Å². The lowest BCUT2D eigenvalue weighted by Crippen LogP contribution is -2.13. The van der Waals surface area contributed by atoms with Gasteiger partial charge in [-0.3, -0.25) is 9.59 Å². The molecule has 3 nitrogen and oxygen atoms in total. The van der Waals surface area contributed by atoms with Crippen molar-refractivity contribution < 1.29 is 23.1 Å². The first-order chi connectivity index (χ1) is 10.0. The normalized spacial score (nSPS) is 10.2. The maximum atomic E-state index is 13.4. The number of aldehydes is 1. The number of hydrogen-bond donors (Lipinski definition) is 0. The molecular formula is C15H9ClF2O3. The van der Waals surface area contributed by atoms with Crippen LogP contribution in [-0.2, 0) is 0 Å². The summed E-state index contributed by atoms with van der Waals surface area (Å²) in [6.45, 7) is -0.456. The molecule has 0 N–H and O–H groups in total. The van der Waals surface area contributed by atoms with Crippen LogP contribution in [0.1, 0.15) is 20.7 Å². The molecule has 0 saturated heterocycles. The van der Waals surface area contributed by atoms with Crippen molar-refractivity contribution in [3.63, 3.8) is 0 Å². The highest BCUT2D eigenvalue weighted by molar-refractivity contribution is 6.32. The van der Waals surface area contributed by atoms with Crippen LogP contribution in [0.15, 0.2) is 36.4 Å². The van der Waals surface area contributed by atoms with E-state index in [4.69, 9.17) is 16.3 Å². The lowest BCUT2D eigenvalue weighted by molar-refractivity contribution is 0.0917. The average molecular weight is 311 g/mol. The Labute approximate surface area is 124 Å². The molecule has 0 aliphatic rings. The summed E-state index contributed by atoms with van der Waals surface area (Å²) in [4.78, 5) is 22.4. The van der Waals surface area contributed by atoms with Gasteiger partial charge in [-0.05, 0) is 30.3 Å². The summed E-state index contributed by atoms with van der Waals surface area (Å²) >= 11 is 5.87. The summed E-state index contributed by atoms with van der Waals surface area (Å²) in [6, 6.07) is 6.94. The van der Waals surface area contributed by atoms with Crippen LogP contribution in [0.3, 0.4) is 0 Å². The first kappa shape index (κ1) is 15.1. The quantitative estimate of drug-likeness (QED) is 0.625. The second-order valence-corrected chi connectivity index (χ2v) is 4.55. The molecule has 0 fully saturated rings. The fraction of sp³-hybridized carbons (Fsp3) is 0.0667. The number of rotatable bonds is 5.